The Kier molecular flexibility index (Phi) is 5.82. The lowest BCUT2D eigenvalue weighted by Gasteiger charge is -2.12. The maximum Gasteiger partial charge on any atom is 0.339 e. The highest BCUT2D eigenvalue weighted by Crippen LogP contribution is 2.35. The Morgan fingerprint density at radius 2 is 2.00 bits per heavy atom. The second kappa shape index (κ2) is 8.01. The van der Waals surface area contributed by atoms with Gasteiger partial charge in [0.2, 0.25) is 5.88 Å². The Bertz CT molecular complexity index is 1210. The number of halogens is 2. The van der Waals surface area contributed by atoms with Gasteiger partial charge in [0.15, 0.2) is 0 Å². The van der Waals surface area contributed by atoms with Gasteiger partial charge in [0, 0.05) is 11.8 Å². The van der Waals surface area contributed by atoms with Crippen LogP contribution < -0.4 is 9.46 Å². The molecule has 154 valence electrons. The van der Waals surface area contributed by atoms with Gasteiger partial charge >= 0.3 is 5.97 Å². The molecule has 1 N–H and O–H groups in total. The van der Waals surface area contributed by atoms with Crippen LogP contribution in [-0.2, 0) is 14.8 Å². The van der Waals surface area contributed by atoms with Crippen molar-refractivity contribution in [3.63, 3.8) is 0 Å². The van der Waals surface area contributed by atoms with E-state index in [1.165, 1.54) is 30.0 Å². The van der Waals surface area contributed by atoms with Crippen molar-refractivity contribution in [1.29, 1.82) is 0 Å². The number of hydrogen-bond donors (Lipinski definition) is 1. The predicted molar refractivity (Wildman–Crippen MR) is 105 cm³/mol. The van der Waals surface area contributed by atoms with E-state index in [1.54, 1.807) is 13.8 Å². The normalized spacial score (nSPS) is 11.5. The van der Waals surface area contributed by atoms with E-state index in [4.69, 9.17) is 32.7 Å². The van der Waals surface area contributed by atoms with Crippen LogP contribution >= 0.6 is 23.2 Å². The third-order valence-corrected chi connectivity index (χ3v) is 5.54. The van der Waals surface area contributed by atoms with Crippen LogP contribution in [0.25, 0.3) is 5.78 Å². The van der Waals surface area contributed by atoms with E-state index in [0.29, 0.717) is 5.56 Å². The summed E-state index contributed by atoms with van der Waals surface area (Å²) < 4.78 is 39.0. The molecular formula is C16H15Cl2N5O5S. The van der Waals surface area contributed by atoms with E-state index in [2.05, 4.69) is 19.8 Å². The Morgan fingerprint density at radius 1 is 1.28 bits per heavy atom. The first kappa shape index (κ1) is 21.1. The van der Waals surface area contributed by atoms with Crippen molar-refractivity contribution >= 4 is 50.7 Å². The fourth-order valence-electron chi connectivity index (χ4n) is 2.39. The molecular weight excluding hydrogens is 445 g/mol. The number of hydrogen-bond acceptors (Lipinski definition) is 8. The van der Waals surface area contributed by atoms with E-state index in [9.17, 15) is 13.2 Å². The number of aryl methyl sites for hydroxylation is 1. The maximum absolute atomic E-state index is 12.8. The molecule has 13 heteroatoms. The zero-order chi connectivity index (χ0) is 21.3. The van der Waals surface area contributed by atoms with Gasteiger partial charge in [-0.3, -0.25) is 4.72 Å². The summed E-state index contributed by atoms with van der Waals surface area (Å²) in [5.41, 5.74) is 0.398. The van der Waals surface area contributed by atoms with Gasteiger partial charge in [-0.2, -0.15) is 18.4 Å². The number of benzene rings is 1. The molecule has 3 rings (SSSR count). The molecule has 0 amide bonds. The summed E-state index contributed by atoms with van der Waals surface area (Å²) in [5.74, 6) is -0.410. The summed E-state index contributed by atoms with van der Waals surface area (Å²) in [6, 6.07) is 2.66. The monoisotopic (exact) mass is 459 g/mol. The van der Waals surface area contributed by atoms with Crippen LogP contribution in [-0.4, -0.2) is 47.7 Å². The van der Waals surface area contributed by atoms with Crippen LogP contribution in [0.15, 0.2) is 23.5 Å². The average molecular weight is 460 g/mol. The summed E-state index contributed by atoms with van der Waals surface area (Å²) in [6.07, 6.45) is 1.52. The molecule has 10 nitrogen and oxygen atoms in total. The third-order valence-electron chi connectivity index (χ3n) is 3.71. The van der Waals surface area contributed by atoms with Crippen LogP contribution in [0, 0.1) is 6.92 Å². The molecule has 0 radical (unpaired) electrons. The summed E-state index contributed by atoms with van der Waals surface area (Å²) >= 11 is 12.3. The first-order chi connectivity index (χ1) is 13.7. The fourth-order valence-corrected chi connectivity index (χ4v) is 4.01. The summed E-state index contributed by atoms with van der Waals surface area (Å²) in [5, 5.41) is 3.13. The molecule has 0 saturated heterocycles. The van der Waals surface area contributed by atoms with E-state index in [0.717, 1.165) is 0 Å². The van der Waals surface area contributed by atoms with Crippen LogP contribution in [0.5, 0.6) is 5.88 Å². The largest absolute Gasteiger partial charge is 0.481 e. The number of esters is 1. The zero-order valence-corrected chi connectivity index (χ0v) is 17.8. The zero-order valence-electron chi connectivity index (χ0n) is 15.4. The minimum atomic E-state index is -4.30. The van der Waals surface area contributed by atoms with Crippen LogP contribution in [0.1, 0.15) is 22.8 Å². The molecule has 3 aromatic rings. The minimum absolute atomic E-state index is 0.0188. The number of anilines is 1. The average Bonchev–Trinajstić information content (AvgIpc) is 3.08. The number of ether oxygens (including phenoxy) is 2. The topological polar surface area (TPSA) is 125 Å². The van der Waals surface area contributed by atoms with Crippen molar-refractivity contribution in [1.82, 2.24) is 19.6 Å². The number of nitrogens with one attached hydrogen (secondary N) is 1. The Morgan fingerprint density at radius 3 is 2.66 bits per heavy atom. The summed E-state index contributed by atoms with van der Waals surface area (Å²) in [4.78, 5) is 20.0. The maximum atomic E-state index is 12.8. The number of methoxy groups -OCH3 is 1. The van der Waals surface area contributed by atoms with Crippen molar-refractivity contribution < 1.29 is 22.7 Å². The van der Waals surface area contributed by atoms with E-state index < -0.39 is 21.1 Å². The predicted octanol–water partition coefficient (Wildman–Crippen LogP) is 2.73. The van der Waals surface area contributed by atoms with Crippen molar-refractivity contribution in [3.05, 3.63) is 39.5 Å². The second-order valence-corrected chi connectivity index (χ2v) is 8.04. The second-order valence-electron chi connectivity index (χ2n) is 5.68. The molecule has 0 bridgehead atoms. The molecule has 0 aliphatic heterocycles. The van der Waals surface area contributed by atoms with Crippen LogP contribution in [0.2, 0.25) is 10.0 Å². The Hall–Kier alpha value is -2.63. The summed E-state index contributed by atoms with van der Waals surface area (Å²) in [7, 11) is -2.87. The smallest absolute Gasteiger partial charge is 0.339 e. The van der Waals surface area contributed by atoms with Gasteiger partial charge in [-0.25, -0.2) is 9.31 Å². The van der Waals surface area contributed by atoms with E-state index in [1.807, 2.05) is 0 Å². The van der Waals surface area contributed by atoms with Gasteiger partial charge in [0.05, 0.1) is 35.0 Å². The Balaban J connectivity index is 2.03. The molecule has 0 fully saturated rings. The molecule has 0 aliphatic rings. The molecule has 0 unspecified atom stereocenters. The number of carbonyl (C=O) groups excluding carboxylic acids is 1. The lowest BCUT2D eigenvalue weighted by molar-refractivity contribution is 0.0526. The lowest BCUT2D eigenvalue weighted by Crippen LogP contribution is -2.16. The first-order valence-corrected chi connectivity index (χ1v) is 10.4. The molecule has 29 heavy (non-hydrogen) atoms. The van der Waals surface area contributed by atoms with Gasteiger partial charge in [-0.05, 0) is 26.0 Å². The highest BCUT2D eigenvalue weighted by molar-refractivity contribution is 7.92. The van der Waals surface area contributed by atoms with Crippen molar-refractivity contribution in [2.24, 2.45) is 0 Å². The number of sulfonamides is 1. The molecule has 2 heterocycles. The van der Waals surface area contributed by atoms with E-state index in [-0.39, 0.29) is 39.6 Å². The number of rotatable bonds is 6. The molecule has 0 spiro atoms. The number of aromatic nitrogens is 4. The highest BCUT2D eigenvalue weighted by atomic mass is 35.5. The van der Waals surface area contributed by atoms with Gasteiger partial charge in [-0.1, -0.05) is 23.2 Å². The lowest BCUT2D eigenvalue weighted by atomic mass is 10.2. The summed E-state index contributed by atoms with van der Waals surface area (Å²) in [6.45, 7) is 3.48. The molecule has 1 aromatic carbocycles. The van der Waals surface area contributed by atoms with E-state index >= 15 is 0 Å². The van der Waals surface area contributed by atoms with Crippen LogP contribution in [0.4, 0.5) is 5.69 Å². The Labute approximate surface area is 175 Å². The molecule has 0 aliphatic carbocycles. The standard InChI is InChI=1S/C16H15Cl2N5O5S/c1-4-28-14(24)9-5-6-10(17)12(11(9)18)22-29(25,26)16-20-15-19-13(27-3)8(2)7-23(15)21-16/h5-7,22H,4H2,1-3H3. The van der Waals surface area contributed by atoms with Gasteiger partial charge in [-0.15, -0.1) is 5.10 Å². The first-order valence-electron chi connectivity index (χ1n) is 8.14. The third kappa shape index (κ3) is 4.07. The van der Waals surface area contributed by atoms with Crippen molar-refractivity contribution in [2.75, 3.05) is 18.4 Å². The minimum Gasteiger partial charge on any atom is -0.481 e. The quantitative estimate of drug-likeness (QED) is 0.557. The van der Waals surface area contributed by atoms with Gasteiger partial charge < -0.3 is 9.47 Å². The molecule has 2 aromatic heterocycles. The van der Waals surface area contributed by atoms with Crippen LogP contribution in [0.3, 0.4) is 0 Å². The SMILES string of the molecule is CCOC(=O)c1ccc(Cl)c(NS(=O)(=O)c2nc3nc(OC)c(C)cn3n2)c1Cl. The number of carbonyl (C=O) groups is 1. The number of nitrogens with zero attached hydrogens (tertiary/aromatic N) is 4. The van der Waals surface area contributed by atoms with Gasteiger partial charge in [0.1, 0.15) is 0 Å². The molecule has 0 atom stereocenters. The fraction of sp³-hybridized carbons (Fsp3) is 0.250. The van der Waals surface area contributed by atoms with Crippen molar-refractivity contribution in [2.45, 2.75) is 19.0 Å². The van der Waals surface area contributed by atoms with Crippen molar-refractivity contribution in [3.8, 4) is 5.88 Å². The van der Waals surface area contributed by atoms with Gasteiger partial charge in [0.25, 0.3) is 21.0 Å². The number of fused-ring (bicyclic) bond motifs is 1. The molecule has 0 saturated carbocycles. The highest BCUT2D eigenvalue weighted by Gasteiger charge is 2.26.